The van der Waals surface area contributed by atoms with E-state index in [-0.39, 0.29) is 11.6 Å². The second kappa shape index (κ2) is 6.29. The predicted octanol–water partition coefficient (Wildman–Crippen LogP) is 1.84. The maximum atomic E-state index is 12.8. The highest BCUT2D eigenvalue weighted by molar-refractivity contribution is 5.76. The summed E-state index contributed by atoms with van der Waals surface area (Å²) in [4.78, 5) is 14.7. The fourth-order valence-electron chi connectivity index (χ4n) is 4.55. The van der Waals surface area contributed by atoms with Crippen molar-refractivity contribution in [1.29, 1.82) is 0 Å². The lowest BCUT2D eigenvalue weighted by Gasteiger charge is -2.31. The van der Waals surface area contributed by atoms with Gasteiger partial charge in [0.2, 0.25) is 0 Å². The number of rotatable bonds is 3. The molecule has 2 saturated carbocycles. The van der Waals surface area contributed by atoms with Gasteiger partial charge in [0.25, 0.3) is 0 Å². The average Bonchev–Trinajstić information content (AvgIpc) is 3.19. The van der Waals surface area contributed by atoms with Crippen LogP contribution < -0.4 is 5.32 Å². The Hall–Kier alpha value is -1.59. The van der Waals surface area contributed by atoms with Crippen LogP contribution in [-0.2, 0) is 6.42 Å². The SMILES string of the molecule is Cc1ccccc1CC1(NC(=O)N2C[C@H]3C[C@H](O)[C@H](O)C[C@H]3C2)CC1. The van der Waals surface area contributed by atoms with Gasteiger partial charge in [-0.05, 0) is 62.0 Å². The number of amides is 2. The lowest BCUT2D eigenvalue weighted by atomic mass is 9.79. The highest BCUT2D eigenvalue weighted by Gasteiger charge is 2.47. The van der Waals surface area contributed by atoms with Crippen molar-refractivity contribution in [3.05, 3.63) is 35.4 Å². The summed E-state index contributed by atoms with van der Waals surface area (Å²) in [7, 11) is 0. The third-order valence-electron chi connectivity index (χ3n) is 6.41. The standard InChI is InChI=1S/C20H28N2O3/c1-13-4-2-3-5-14(13)10-20(6-7-20)21-19(25)22-11-15-8-17(23)18(24)9-16(15)12-22/h2-5,15-18,23-24H,6-12H2,1H3,(H,21,25)/t15-,16+,17+,18-. The van der Waals surface area contributed by atoms with Gasteiger partial charge in [0.1, 0.15) is 0 Å². The molecule has 5 heteroatoms. The fourth-order valence-corrected chi connectivity index (χ4v) is 4.55. The van der Waals surface area contributed by atoms with Crippen molar-refractivity contribution in [3.63, 3.8) is 0 Å². The van der Waals surface area contributed by atoms with Crippen LogP contribution in [0.4, 0.5) is 4.79 Å². The van der Waals surface area contributed by atoms with Crippen LogP contribution in [-0.4, -0.2) is 52.0 Å². The number of nitrogens with zero attached hydrogens (tertiary/aromatic N) is 1. The predicted molar refractivity (Wildman–Crippen MR) is 95.2 cm³/mol. The van der Waals surface area contributed by atoms with Crippen molar-refractivity contribution in [2.75, 3.05) is 13.1 Å². The van der Waals surface area contributed by atoms with Crippen molar-refractivity contribution in [2.45, 2.75) is 56.8 Å². The quantitative estimate of drug-likeness (QED) is 0.783. The van der Waals surface area contributed by atoms with Crippen LogP contribution in [0.15, 0.2) is 24.3 Å². The number of urea groups is 1. The molecule has 3 fully saturated rings. The second-order valence-electron chi connectivity index (χ2n) is 8.34. The molecule has 5 nitrogen and oxygen atoms in total. The van der Waals surface area contributed by atoms with E-state index < -0.39 is 12.2 Å². The Kier molecular flexibility index (Phi) is 4.24. The molecule has 1 aromatic rings. The molecule has 0 unspecified atom stereocenters. The third kappa shape index (κ3) is 3.40. The summed E-state index contributed by atoms with van der Waals surface area (Å²) in [6.07, 6.45) is 2.88. The molecule has 1 aromatic carbocycles. The summed E-state index contributed by atoms with van der Waals surface area (Å²) in [6.45, 7) is 3.51. The first-order chi connectivity index (χ1) is 12.0. The molecular weight excluding hydrogens is 316 g/mol. The Morgan fingerprint density at radius 3 is 2.32 bits per heavy atom. The largest absolute Gasteiger partial charge is 0.390 e. The van der Waals surface area contributed by atoms with Gasteiger partial charge in [-0.15, -0.1) is 0 Å². The minimum atomic E-state index is -0.639. The topological polar surface area (TPSA) is 72.8 Å². The highest BCUT2D eigenvalue weighted by Crippen LogP contribution is 2.41. The van der Waals surface area contributed by atoms with Gasteiger partial charge in [-0.25, -0.2) is 4.79 Å². The lowest BCUT2D eigenvalue weighted by Crippen LogP contribution is -2.46. The van der Waals surface area contributed by atoms with Gasteiger partial charge in [-0.2, -0.15) is 0 Å². The van der Waals surface area contributed by atoms with Crippen LogP contribution in [0.25, 0.3) is 0 Å². The number of carbonyl (C=O) groups is 1. The van der Waals surface area contributed by atoms with Gasteiger partial charge in [0.15, 0.2) is 0 Å². The zero-order valence-corrected chi connectivity index (χ0v) is 14.8. The Bertz CT molecular complexity index is 640. The molecule has 1 saturated heterocycles. The molecule has 3 N–H and O–H groups in total. The maximum Gasteiger partial charge on any atom is 0.317 e. The van der Waals surface area contributed by atoms with E-state index in [1.54, 1.807) is 0 Å². The Labute approximate surface area is 149 Å². The van der Waals surface area contributed by atoms with Gasteiger partial charge in [0.05, 0.1) is 12.2 Å². The number of aliphatic hydroxyl groups is 2. The number of aliphatic hydroxyl groups excluding tert-OH is 2. The van der Waals surface area contributed by atoms with E-state index in [0.29, 0.717) is 37.8 Å². The summed E-state index contributed by atoms with van der Waals surface area (Å²) in [5.41, 5.74) is 2.50. The van der Waals surface area contributed by atoms with E-state index in [2.05, 4.69) is 30.4 Å². The number of likely N-dealkylation sites (tertiary alicyclic amines) is 1. The minimum Gasteiger partial charge on any atom is -0.390 e. The zero-order chi connectivity index (χ0) is 17.6. The molecule has 1 aliphatic heterocycles. The van der Waals surface area contributed by atoms with Crippen LogP contribution in [0.1, 0.15) is 36.8 Å². The summed E-state index contributed by atoms with van der Waals surface area (Å²) < 4.78 is 0. The fraction of sp³-hybridized carbons (Fsp3) is 0.650. The number of aryl methyl sites for hydroxylation is 1. The number of hydrogen-bond acceptors (Lipinski definition) is 3. The third-order valence-corrected chi connectivity index (χ3v) is 6.41. The van der Waals surface area contributed by atoms with E-state index in [9.17, 15) is 15.0 Å². The number of nitrogens with one attached hydrogen (secondary N) is 1. The molecule has 2 aliphatic carbocycles. The summed E-state index contributed by atoms with van der Waals surface area (Å²) in [6, 6.07) is 8.39. The summed E-state index contributed by atoms with van der Waals surface area (Å²) >= 11 is 0. The van der Waals surface area contributed by atoms with E-state index in [0.717, 1.165) is 19.3 Å². The van der Waals surface area contributed by atoms with Crippen molar-refractivity contribution in [1.82, 2.24) is 10.2 Å². The van der Waals surface area contributed by atoms with Crippen molar-refractivity contribution in [3.8, 4) is 0 Å². The normalized spacial score (nSPS) is 33.0. The molecule has 4 rings (SSSR count). The van der Waals surface area contributed by atoms with Gasteiger partial charge >= 0.3 is 6.03 Å². The molecule has 0 aromatic heterocycles. The minimum absolute atomic E-state index is 0.0180. The first-order valence-electron chi connectivity index (χ1n) is 9.43. The van der Waals surface area contributed by atoms with Gasteiger partial charge in [-0.1, -0.05) is 24.3 Å². The number of carbonyl (C=O) groups excluding carboxylic acids is 1. The second-order valence-corrected chi connectivity index (χ2v) is 8.34. The molecule has 4 atom stereocenters. The van der Waals surface area contributed by atoms with Crippen LogP contribution in [0.5, 0.6) is 0 Å². The zero-order valence-electron chi connectivity index (χ0n) is 14.8. The molecule has 136 valence electrons. The molecular formula is C20H28N2O3. The first-order valence-corrected chi connectivity index (χ1v) is 9.43. The van der Waals surface area contributed by atoms with E-state index in [1.807, 2.05) is 11.0 Å². The first kappa shape index (κ1) is 16.9. The Morgan fingerprint density at radius 1 is 1.16 bits per heavy atom. The van der Waals surface area contributed by atoms with Crippen LogP contribution in [0.2, 0.25) is 0 Å². The maximum absolute atomic E-state index is 12.8. The molecule has 0 spiro atoms. The van der Waals surface area contributed by atoms with E-state index >= 15 is 0 Å². The van der Waals surface area contributed by atoms with E-state index in [4.69, 9.17) is 0 Å². The van der Waals surface area contributed by atoms with Crippen molar-refractivity contribution >= 4 is 6.03 Å². The average molecular weight is 344 g/mol. The smallest absolute Gasteiger partial charge is 0.317 e. The number of fused-ring (bicyclic) bond motifs is 1. The van der Waals surface area contributed by atoms with Crippen molar-refractivity contribution in [2.24, 2.45) is 11.8 Å². The van der Waals surface area contributed by atoms with Crippen LogP contribution >= 0.6 is 0 Å². The molecule has 2 amide bonds. The molecule has 0 bridgehead atoms. The summed E-state index contributed by atoms with van der Waals surface area (Å²) in [5, 5.41) is 23.0. The molecule has 25 heavy (non-hydrogen) atoms. The van der Waals surface area contributed by atoms with Crippen LogP contribution in [0, 0.1) is 18.8 Å². The summed E-state index contributed by atoms with van der Waals surface area (Å²) in [5.74, 6) is 0.631. The Morgan fingerprint density at radius 2 is 1.76 bits per heavy atom. The van der Waals surface area contributed by atoms with Crippen LogP contribution in [0.3, 0.4) is 0 Å². The van der Waals surface area contributed by atoms with Crippen molar-refractivity contribution < 1.29 is 15.0 Å². The monoisotopic (exact) mass is 344 g/mol. The van der Waals surface area contributed by atoms with Gasteiger partial charge < -0.3 is 20.4 Å². The van der Waals surface area contributed by atoms with Gasteiger partial charge in [0, 0.05) is 18.6 Å². The molecule has 0 radical (unpaired) electrons. The molecule has 1 heterocycles. The number of benzene rings is 1. The lowest BCUT2D eigenvalue weighted by molar-refractivity contribution is -0.0372. The Balaban J connectivity index is 1.37. The highest BCUT2D eigenvalue weighted by atomic mass is 16.3. The number of hydrogen-bond donors (Lipinski definition) is 3. The van der Waals surface area contributed by atoms with E-state index in [1.165, 1.54) is 11.1 Å². The van der Waals surface area contributed by atoms with Gasteiger partial charge in [-0.3, -0.25) is 0 Å². The molecule has 3 aliphatic rings.